The number of benzene rings is 2. The van der Waals surface area contributed by atoms with Crippen LogP contribution in [0.15, 0.2) is 41.3 Å². The van der Waals surface area contributed by atoms with Gasteiger partial charge in [0, 0.05) is 13.1 Å². The summed E-state index contributed by atoms with van der Waals surface area (Å²) in [5.74, 6) is -0.291. The first-order valence-electron chi connectivity index (χ1n) is 7.38. The first-order valence-corrected chi connectivity index (χ1v) is 8.86. The molecule has 138 valence electrons. The Labute approximate surface area is 150 Å². The van der Waals surface area contributed by atoms with Crippen molar-refractivity contribution in [2.24, 2.45) is 0 Å². The number of rotatable bonds is 6. The van der Waals surface area contributed by atoms with Crippen LogP contribution in [-0.4, -0.2) is 33.4 Å². The van der Waals surface area contributed by atoms with Crippen LogP contribution >= 0.6 is 0 Å². The predicted molar refractivity (Wildman–Crippen MR) is 95.0 cm³/mol. The lowest BCUT2D eigenvalue weighted by molar-refractivity contribution is -0.385. The quantitative estimate of drug-likeness (QED) is 0.584. The number of ether oxygens (including phenoxy) is 1. The zero-order valence-corrected chi connectivity index (χ0v) is 15.1. The third-order valence-electron chi connectivity index (χ3n) is 3.70. The number of sulfonamides is 1. The summed E-state index contributed by atoms with van der Waals surface area (Å²) in [6.45, 7) is 1.44. The number of methoxy groups -OCH3 is 1. The molecule has 0 aliphatic rings. The van der Waals surface area contributed by atoms with Gasteiger partial charge in [-0.2, -0.15) is 0 Å². The third-order valence-corrected chi connectivity index (χ3v) is 5.06. The van der Waals surface area contributed by atoms with Crippen LogP contribution in [0.5, 0.6) is 5.75 Å². The van der Waals surface area contributed by atoms with Crippen LogP contribution in [0.25, 0.3) is 0 Å². The molecule has 0 heterocycles. The van der Waals surface area contributed by atoms with Crippen LogP contribution in [0, 0.1) is 17.0 Å². The second-order valence-corrected chi connectivity index (χ2v) is 6.94. The van der Waals surface area contributed by atoms with Gasteiger partial charge in [-0.05, 0) is 31.2 Å². The van der Waals surface area contributed by atoms with Crippen molar-refractivity contribution in [2.75, 3.05) is 18.9 Å². The van der Waals surface area contributed by atoms with E-state index in [2.05, 4.69) is 10.0 Å². The van der Waals surface area contributed by atoms with Gasteiger partial charge in [0.2, 0.25) is 0 Å². The highest BCUT2D eigenvalue weighted by atomic mass is 32.2. The average Bonchev–Trinajstić information content (AvgIpc) is 2.61. The van der Waals surface area contributed by atoms with Crippen LogP contribution < -0.4 is 14.8 Å². The van der Waals surface area contributed by atoms with Gasteiger partial charge in [0.15, 0.2) is 0 Å². The smallest absolute Gasteiger partial charge is 0.274 e. The summed E-state index contributed by atoms with van der Waals surface area (Å²) in [4.78, 5) is 22.2. The van der Waals surface area contributed by atoms with Crippen LogP contribution in [0.1, 0.15) is 15.9 Å². The molecule has 0 saturated heterocycles. The number of carbonyl (C=O) groups excluding carboxylic acids is 1. The van der Waals surface area contributed by atoms with Gasteiger partial charge in [-0.3, -0.25) is 19.6 Å². The summed E-state index contributed by atoms with van der Waals surface area (Å²) in [5, 5.41) is 13.4. The van der Waals surface area contributed by atoms with E-state index in [4.69, 9.17) is 4.74 Å². The van der Waals surface area contributed by atoms with Gasteiger partial charge >= 0.3 is 0 Å². The summed E-state index contributed by atoms with van der Waals surface area (Å²) < 4.78 is 32.7. The second kappa shape index (κ2) is 7.40. The molecule has 2 aromatic rings. The topological polar surface area (TPSA) is 128 Å². The summed E-state index contributed by atoms with van der Waals surface area (Å²) in [6, 6.07) is 7.90. The van der Waals surface area contributed by atoms with E-state index >= 15 is 0 Å². The number of hydrogen-bond donors (Lipinski definition) is 2. The van der Waals surface area contributed by atoms with Gasteiger partial charge in [-0.15, -0.1) is 0 Å². The fraction of sp³-hybridized carbons (Fsp3) is 0.188. The molecule has 2 rings (SSSR count). The second-order valence-electron chi connectivity index (χ2n) is 5.25. The largest absolute Gasteiger partial charge is 0.496 e. The Morgan fingerprint density at radius 3 is 2.50 bits per heavy atom. The standard InChI is InChI=1S/C16H17N3O6S/c1-10-13(5-4-6-14(10)19(21)22)18-26(23,24)11-7-8-15(25-3)12(9-11)16(20)17-2/h4-9,18H,1-3H3,(H,17,20). The molecule has 9 nitrogen and oxygen atoms in total. The molecule has 0 radical (unpaired) electrons. The third kappa shape index (κ3) is 3.75. The molecule has 2 aromatic carbocycles. The molecule has 0 aromatic heterocycles. The Bertz CT molecular complexity index is 972. The number of anilines is 1. The summed E-state index contributed by atoms with van der Waals surface area (Å²) in [7, 11) is -1.30. The molecule has 0 unspecified atom stereocenters. The monoisotopic (exact) mass is 379 g/mol. The lowest BCUT2D eigenvalue weighted by Gasteiger charge is -2.13. The van der Waals surface area contributed by atoms with E-state index in [1.807, 2.05) is 0 Å². The highest BCUT2D eigenvalue weighted by Crippen LogP contribution is 2.28. The van der Waals surface area contributed by atoms with Crippen molar-refractivity contribution in [3.63, 3.8) is 0 Å². The fourth-order valence-electron chi connectivity index (χ4n) is 2.30. The molecule has 0 spiro atoms. The molecule has 0 atom stereocenters. The minimum Gasteiger partial charge on any atom is -0.496 e. The normalized spacial score (nSPS) is 10.9. The number of hydrogen-bond acceptors (Lipinski definition) is 6. The molecule has 0 saturated carbocycles. The van der Waals surface area contributed by atoms with E-state index < -0.39 is 20.9 Å². The lowest BCUT2D eigenvalue weighted by atomic mass is 10.2. The number of nitrogens with zero attached hydrogens (tertiary/aromatic N) is 1. The van der Waals surface area contributed by atoms with E-state index in [9.17, 15) is 23.3 Å². The maximum absolute atomic E-state index is 12.6. The van der Waals surface area contributed by atoms with Crippen molar-refractivity contribution >= 4 is 27.3 Å². The summed E-state index contributed by atoms with van der Waals surface area (Å²) in [5.41, 5.74) is 0.109. The maximum Gasteiger partial charge on any atom is 0.274 e. The maximum atomic E-state index is 12.6. The van der Waals surface area contributed by atoms with Crippen molar-refractivity contribution in [2.45, 2.75) is 11.8 Å². The highest BCUT2D eigenvalue weighted by molar-refractivity contribution is 7.92. The molecular formula is C16H17N3O6S. The highest BCUT2D eigenvalue weighted by Gasteiger charge is 2.22. The van der Waals surface area contributed by atoms with E-state index in [1.165, 1.54) is 57.5 Å². The average molecular weight is 379 g/mol. The Balaban J connectivity index is 2.48. The zero-order chi connectivity index (χ0) is 19.5. The van der Waals surface area contributed by atoms with Gasteiger partial charge in [0.1, 0.15) is 5.75 Å². The van der Waals surface area contributed by atoms with Crippen LogP contribution in [0.4, 0.5) is 11.4 Å². The van der Waals surface area contributed by atoms with Gasteiger partial charge in [-0.25, -0.2) is 8.42 Å². The molecule has 26 heavy (non-hydrogen) atoms. The predicted octanol–water partition coefficient (Wildman–Crippen LogP) is 2.07. The van der Waals surface area contributed by atoms with Gasteiger partial charge in [-0.1, -0.05) is 6.07 Å². The van der Waals surface area contributed by atoms with Crippen LogP contribution in [0.3, 0.4) is 0 Å². The molecule has 0 bridgehead atoms. The Kier molecular flexibility index (Phi) is 5.46. The number of carbonyl (C=O) groups is 1. The first-order chi connectivity index (χ1) is 12.2. The zero-order valence-electron chi connectivity index (χ0n) is 14.3. The fourth-order valence-corrected chi connectivity index (χ4v) is 3.45. The lowest BCUT2D eigenvalue weighted by Crippen LogP contribution is -2.20. The number of nitro benzene ring substituents is 1. The summed E-state index contributed by atoms with van der Waals surface area (Å²) in [6.07, 6.45) is 0. The number of nitrogens with one attached hydrogen (secondary N) is 2. The molecular weight excluding hydrogens is 362 g/mol. The van der Waals surface area contributed by atoms with Crippen molar-refractivity contribution in [3.8, 4) is 5.75 Å². The van der Waals surface area contributed by atoms with Gasteiger partial charge < -0.3 is 10.1 Å². The van der Waals surface area contributed by atoms with E-state index in [-0.39, 0.29) is 33.1 Å². The minimum absolute atomic E-state index is 0.0497. The minimum atomic E-state index is -4.08. The Hall–Kier alpha value is -3.14. The Morgan fingerprint density at radius 2 is 1.92 bits per heavy atom. The van der Waals surface area contributed by atoms with E-state index in [1.54, 1.807) is 0 Å². The van der Waals surface area contributed by atoms with Gasteiger partial charge in [0.25, 0.3) is 21.6 Å². The Morgan fingerprint density at radius 1 is 1.23 bits per heavy atom. The molecule has 0 fully saturated rings. The molecule has 0 aliphatic heterocycles. The number of nitro groups is 1. The van der Waals surface area contributed by atoms with Gasteiger partial charge in [0.05, 0.1) is 33.7 Å². The van der Waals surface area contributed by atoms with Crippen molar-refractivity contribution < 1.29 is 22.9 Å². The van der Waals surface area contributed by atoms with Crippen LogP contribution in [0.2, 0.25) is 0 Å². The van der Waals surface area contributed by atoms with E-state index in [0.29, 0.717) is 0 Å². The molecule has 1 amide bonds. The van der Waals surface area contributed by atoms with Crippen molar-refractivity contribution in [1.82, 2.24) is 5.32 Å². The molecule has 0 aliphatic carbocycles. The van der Waals surface area contributed by atoms with E-state index in [0.717, 1.165) is 0 Å². The van der Waals surface area contributed by atoms with Crippen molar-refractivity contribution in [1.29, 1.82) is 0 Å². The first kappa shape index (κ1) is 19.2. The number of amides is 1. The molecule has 2 N–H and O–H groups in total. The van der Waals surface area contributed by atoms with Crippen LogP contribution in [-0.2, 0) is 10.0 Å². The van der Waals surface area contributed by atoms with Crippen molar-refractivity contribution in [3.05, 3.63) is 57.6 Å². The summed E-state index contributed by atoms with van der Waals surface area (Å²) >= 11 is 0. The molecule has 10 heteroatoms. The SMILES string of the molecule is CNC(=O)c1cc(S(=O)(=O)Nc2cccc([N+](=O)[O-])c2C)ccc1OC.